The average molecular weight is 500 g/mol. The van der Waals surface area contributed by atoms with Crippen LogP contribution in [0.2, 0.25) is 0 Å². The van der Waals surface area contributed by atoms with Crippen LogP contribution in [0.15, 0.2) is 24.3 Å². The van der Waals surface area contributed by atoms with E-state index in [-0.39, 0.29) is 36.2 Å². The maximum absolute atomic E-state index is 13.1. The minimum Gasteiger partial charge on any atom is -0.377 e. The number of rotatable bonds is 4. The van der Waals surface area contributed by atoms with Crippen molar-refractivity contribution in [3.63, 3.8) is 0 Å². The van der Waals surface area contributed by atoms with Crippen molar-refractivity contribution in [3.05, 3.63) is 57.1 Å². The highest BCUT2D eigenvalue weighted by atomic mass is 16.5. The molecule has 0 spiro atoms. The molecule has 1 saturated heterocycles. The first kappa shape index (κ1) is 24.4. The van der Waals surface area contributed by atoms with Gasteiger partial charge in [0.05, 0.1) is 29.4 Å². The lowest BCUT2D eigenvalue weighted by Crippen LogP contribution is -2.55. The standard InChI is InChI=1S/C31H37N3O3/c1-16-25-20-12-8-9-13-22(20)33-29(25)28-21(24-15-23(34(3)4)30(36-5)17(2)37-24)14-18-10-6-7-11-19(18)27(28)26(16)31(32)35/h6-7,10-13,17,21,23-24,30,33H,8-9,14-15H2,1-5H3,(H2,32,35). The highest BCUT2D eigenvalue weighted by Gasteiger charge is 2.44. The number of amides is 1. The van der Waals surface area contributed by atoms with Gasteiger partial charge in [-0.25, -0.2) is 0 Å². The Balaban J connectivity index is 1.66. The minimum atomic E-state index is -0.371. The number of aromatic nitrogens is 1. The van der Waals surface area contributed by atoms with Gasteiger partial charge in [0.15, 0.2) is 0 Å². The topological polar surface area (TPSA) is 80.6 Å². The number of methoxy groups -OCH3 is 1. The van der Waals surface area contributed by atoms with E-state index in [1.165, 1.54) is 16.3 Å². The van der Waals surface area contributed by atoms with E-state index in [4.69, 9.17) is 15.2 Å². The van der Waals surface area contributed by atoms with Gasteiger partial charge < -0.3 is 25.1 Å². The van der Waals surface area contributed by atoms with Gasteiger partial charge in [-0.05, 0) is 75.9 Å². The number of aromatic amines is 1. The number of primary amides is 1. The van der Waals surface area contributed by atoms with Crippen LogP contribution in [-0.4, -0.2) is 61.3 Å². The van der Waals surface area contributed by atoms with Gasteiger partial charge in [0.1, 0.15) is 0 Å². The number of hydrogen-bond acceptors (Lipinski definition) is 4. The maximum Gasteiger partial charge on any atom is 0.249 e. The number of aryl methyl sites for hydroxylation is 1. The highest BCUT2D eigenvalue weighted by Crippen LogP contribution is 2.49. The van der Waals surface area contributed by atoms with E-state index < -0.39 is 0 Å². The molecule has 1 aromatic heterocycles. The van der Waals surface area contributed by atoms with Gasteiger partial charge in [-0.3, -0.25) is 4.79 Å². The van der Waals surface area contributed by atoms with Gasteiger partial charge in [-0.15, -0.1) is 0 Å². The van der Waals surface area contributed by atoms with E-state index in [1.54, 1.807) is 7.11 Å². The SMILES string of the molecule is COC1C(C)OC(C2Cc3ccccc3-c3c(C(N)=O)c(C)c4c5c([nH]c4c32)=CCCC=5)CC1N(C)C. The molecule has 6 rings (SSSR count). The molecule has 5 unspecified atom stereocenters. The number of carbonyl (C=O) groups excluding carboxylic acids is 1. The molecule has 3 aromatic rings. The molecule has 0 saturated carbocycles. The first-order chi connectivity index (χ1) is 17.8. The van der Waals surface area contributed by atoms with Crippen molar-refractivity contribution >= 4 is 29.0 Å². The number of likely N-dealkylation sites (N-methyl/N-ethyl adjacent to an activating group) is 1. The summed E-state index contributed by atoms with van der Waals surface area (Å²) in [6.45, 7) is 4.17. The van der Waals surface area contributed by atoms with Crippen molar-refractivity contribution in [2.45, 2.75) is 69.8 Å². The Morgan fingerprint density at radius 1 is 1.19 bits per heavy atom. The molecule has 6 nitrogen and oxygen atoms in total. The number of benzene rings is 2. The lowest BCUT2D eigenvalue weighted by molar-refractivity contribution is -0.157. The van der Waals surface area contributed by atoms with Crippen LogP contribution in [0.1, 0.15) is 59.2 Å². The molecule has 37 heavy (non-hydrogen) atoms. The number of fused-ring (bicyclic) bond motifs is 7. The van der Waals surface area contributed by atoms with Crippen LogP contribution in [0.3, 0.4) is 0 Å². The number of nitrogens with zero attached hydrogens (tertiary/aromatic N) is 1. The van der Waals surface area contributed by atoms with E-state index >= 15 is 0 Å². The summed E-state index contributed by atoms with van der Waals surface area (Å²) >= 11 is 0. The molecule has 2 aliphatic carbocycles. The molecule has 5 atom stereocenters. The van der Waals surface area contributed by atoms with Gasteiger partial charge in [-0.1, -0.05) is 36.4 Å². The summed E-state index contributed by atoms with van der Waals surface area (Å²) in [5.41, 5.74) is 13.4. The summed E-state index contributed by atoms with van der Waals surface area (Å²) in [4.78, 5) is 19.2. The molecule has 0 bridgehead atoms. The number of H-pyrrole nitrogens is 1. The Morgan fingerprint density at radius 2 is 1.95 bits per heavy atom. The monoisotopic (exact) mass is 499 g/mol. The van der Waals surface area contributed by atoms with Gasteiger partial charge in [0.2, 0.25) is 5.91 Å². The molecule has 1 fully saturated rings. The lowest BCUT2D eigenvalue weighted by Gasteiger charge is -2.46. The van der Waals surface area contributed by atoms with E-state index in [0.717, 1.165) is 58.6 Å². The zero-order chi connectivity index (χ0) is 26.0. The van der Waals surface area contributed by atoms with Gasteiger partial charge in [0, 0.05) is 40.6 Å². The fraction of sp³-hybridized carbons (Fsp3) is 0.452. The van der Waals surface area contributed by atoms with Crippen LogP contribution >= 0.6 is 0 Å². The second kappa shape index (κ2) is 9.12. The summed E-state index contributed by atoms with van der Waals surface area (Å²) < 4.78 is 12.7. The van der Waals surface area contributed by atoms with Gasteiger partial charge >= 0.3 is 0 Å². The molecule has 3 N–H and O–H groups in total. The van der Waals surface area contributed by atoms with Crippen LogP contribution in [0, 0.1) is 6.92 Å². The summed E-state index contributed by atoms with van der Waals surface area (Å²) in [7, 11) is 6.01. The van der Waals surface area contributed by atoms with Crippen LogP contribution in [0.5, 0.6) is 0 Å². The van der Waals surface area contributed by atoms with Gasteiger partial charge in [0.25, 0.3) is 0 Å². The Morgan fingerprint density at radius 3 is 2.68 bits per heavy atom. The zero-order valence-electron chi connectivity index (χ0n) is 22.4. The molecule has 3 aliphatic rings. The normalized spacial score (nSPS) is 26.7. The molecule has 194 valence electrons. The molecule has 2 heterocycles. The van der Waals surface area contributed by atoms with Crippen molar-refractivity contribution in [1.82, 2.24) is 9.88 Å². The number of carbonyl (C=O) groups is 1. The third-order valence-corrected chi connectivity index (χ3v) is 8.90. The van der Waals surface area contributed by atoms with Crippen molar-refractivity contribution in [1.29, 1.82) is 0 Å². The second-order valence-electron chi connectivity index (χ2n) is 11.2. The first-order valence-corrected chi connectivity index (χ1v) is 13.4. The smallest absolute Gasteiger partial charge is 0.249 e. The van der Waals surface area contributed by atoms with Crippen LogP contribution in [0.4, 0.5) is 0 Å². The Labute approximate surface area is 218 Å². The summed E-state index contributed by atoms with van der Waals surface area (Å²) in [6.07, 6.45) is 8.22. The summed E-state index contributed by atoms with van der Waals surface area (Å²) in [5, 5.41) is 3.48. The maximum atomic E-state index is 13.1. The van der Waals surface area contributed by atoms with Crippen molar-refractivity contribution in [2.24, 2.45) is 5.73 Å². The third-order valence-electron chi connectivity index (χ3n) is 8.90. The fourth-order valence-corrected chi connectivity index (χ4v) is 7.29. The third kappa shape index (κ3) is 3.69. The number of nitrogens with one attached hydrogen (secondary N) is 1. The number of ether oxygens (including phenoxy) is 2. The van der Waals surface area contributed by atoms with E-state index in [2.05, 4.69) is 74.2 Å². The number of nitrogens with two attached hydrogens (primary N) is 1. The Hall–Kier alpha value is -2.93. The second-order valence-corrected chi connectivity index (χ2v) is 11.2. The van der Waals surface area contributed by atoms with Crippen molar-refractivity contribution in [3.8, 4) is 11.1 Å². The summed E-state index contributed by atoms with van der Waals surface area (Å²) in [6, 6.07) is 8.69. The highest BCUT2D eigenvalue weighted by molar-refractivity contribution is 6.10. The van der Waals surface area contributed by atoms with E-state index in [0.29, 0.717) is 5.56 Å². The quantitative estimate of drug-likeness (QED) is 0.577. The molecule has 2 aromatic carbocycles. The average Bonchev–Trinajstić information content (AvgIpc) is 3.27. The fourth-order valence-electron chi connectivity index (χ4n) is 7.29. The predicted octanol–water partition coefficient (Wildman–Crippen LogP) is 3.36. The van der Waals surface area contributed by atoms with Crippen molar-refractivity contribution in [2.75, 3.05) is 21.2 Å². The van der Waals surface area contributed by atoms with Crippen molar-refractivity contribution < 1.29 is 14.3 Å². The Bertz CT molecular complexity index is 1520. The van der Waals surface area contributed by atoms with Crippen LogP contribution in [0.25, 0.3) is 34.2 Å². The van der Waals surface area contributed by atoms with E-state index in [9.17, 15) is 4.79 Å². The first-order valence-electron chi connectivity index (χ1n) is 13.4. The molecular weight excluding hydrogens is 462 g/mol. The molecule has 6 heteroatoms. The van der Waals surface area contributed by atoms with E-state index in [1.807, 2.05) is 0 Å². The number of hydrogen-bond donors (Lipinski definition) is 2. The summed E-state index contributed by atoms with van der Waals surface area (Å²) in [5.74, 6) is -0.293. The lowest BCUT2D eigenvalue weighted by atomic mass is 9.71. The molecule has 1 aliphatic heterocycles. The largest absolute Gasteiger partial charge is 0.377 e. The Kier molecular flexibility index (Phi) is 6.02. The molecule has 0 radical (unpaired) electrons. The molecule has 1 amide bonds. The van der Waals surface area contributed by atoms with Crippen LogP contribution in [-0.2, 0) is 15.9 Å². The van der Waals surface area contributed by atoms with Crippen LogP contribution < -0.4 is 16.3 Å². The minimum absolute atomic E-state index is 0.00261. The molecular formula is C31H37N3O3. The van der Waals surface area contributed by atoms with Gasteiger partial charge in [-0.2, -0.15) is 0 Å². The zero-order valence-corrected chi connectivity index (χ0v) is 22.4. The predicted molar refractivity (Wildman–Crippen MR) is 148 cm³/mol.